The van der Waals surface area contributed by atoms with E-state index in [1.54, 1.807) is 11.3 Å². The van der Waals surface area contributed by atoms with Gasteiger partial charge in [0.25, 0.3) is 0 Å². The first-order chi connectivity index (χ1) is 5.76. The highest BCUT2D eigenvalue weighted by Gasteiger charge is 2.05. The third-order valence-electron chi connectivity index (χ3n) is 1.35. The lowest BCUT2D eigenvalue weighted by Crippen LogP contribution is -1.88. The van der Waals surface area contributed by atoms with E-state index in [-0.39, 0.29) is 5.25 Å². The Hall–Kier alpha value is -0.530. The topological polar surface area (TPSA) is 36.7 Å². The lowest BCUT2D eigenvalue weighted by Gasteiger charge is -1.95. The van der Waals surface area contributed by atoms with Gasteiger partial charge in [0.1, 0.15) is 0 Å². The Morgan fingerprint density at radius 2 is 2.58 bits per heavy atom. The monoisotopic (exact) mass is 198 g/mol. The maximum Gasteiger partial charge on any atom is 0.151 e. The molecule has 0 saturated heterocycles. The Bertz CT molecular complexity index is 287. The van der Waals surface area contributed by atoms with Crippen LogP contribution in [0.25, 0.3) is 0 Å². The van der Waals surface area contributed by atoms with Crippen molar-refractivity contribution in [3.8, 4) is 6.07 Å². The molecule has 2 nitrogen and oxygen atoms in total. The van der Waals surface area contributed by atoms with Crippen molar-refractivity contribution < 1.29 is 0 Å². The Morgan fingerprint density at radius 1 is 1.83 bits per heavy atom. The van der Waals surface area contributed by atoms with Crippen LogP contribution in [0.5, 0.6) is 0 Å². The van der Waals surface area contributed by atoms with Gasteiger partial charge in [0.15, 0.2) is 4.34 Å². The summed E-state index contributed by atoms with van der Waals surface area (Å²) in [5, 5.41) is 10.6. The van der Waals surface area contributed by atoms with Crippen LogP contribution in [-0.2, 0) is 6.42 Å². The number of rotatable bonds is 3. The molecule has 0 aromatic carbocycles. The molecule has 1 heterocycles. The van der Waals surface area contributed by atoms with Crippen molar-refractivity contribution in [1.82, 2.24) is 4.98 Å². The maximum absolute atomic E-state index is 8.57. The van der Waals surface area contributed by atoms with Crippen LogP contribution < -0.4 is 0 Å². The van der Waals surface area contributed by atoms with Gasteiger partial charge in [-0.3, -0.25) is 0 Å². The largest absolute Gasteiger partial charge is 0.235 e. The van der Waals surface area contributed by atoms with Gasteiger partial charge < -0.3 is 0 Å². The molecule has 0 saturated carbocycles. The fourth-order valence-corrected chi connectivity index (χ4v) is 2.63. The van der Waals surface area contributed by atoms with Gasteiger partial charge in [-0.1, -0.05) is 18.7 Å². The zero-order valence-corrected chi connectivity index (χ0v) is 8.71. The van der Waals surface area contributed by atoms with Crippen LogP contribution in [0.4, 0.5) is 0 Å². The van der Waals surface area contributed by atoms with Crippen molar-refractivity contribution in [2.24, 2.45) is 0 Å². The summed E-state index contributed by atoms with van der Waals surface area (Å²) in [7, 11) is 0. The number of aromatic nitrogens is 1. The molecule has 0 fully saturated rings. The van der Waals surface area contributed by atoms with Crippen LogP contribution >= 0.6 is 23.1 Å². The Balaban J connectivity index is 2.59. The van der Waals surface area contributed by atoms with Crippen molar-refractivity contribution in [3.05, 3.63) is 11.1 Å². The molecule has 1 aromatic heterocycles. The number of nitrogens with zero attached hydrogens (tertiary/aromatic N) is 2. The fraction of sp³-hybridized carbons (Fsp3) is 0.500. The smallest absolute Gasteiger partial charge is 0.151 e. The van der Waals surface area contributed by atoms with Crippen LogP contribution in [0.2, 0.25) is 0 Å². The predicted octanol–water partition coefficient (Wildman–Crippen LogP) is 2.71. The normalized spacial score (nSPS) is 12.4. The van der Waals surface area contributed by atoms with Gasteiger partial charge in [0.05, 0.1) is 17.0 Å². The molecule has 1 unspecified atom stereocenters. The molecule has 12 heavy (non-hydrogen) atoms. The summed E-state index contributed by atoms with van der Waals surface area (Å²) in [6.07, 6.45) is 0.970. The van der Waals surface area contributed by atoms with Crippen molar-refractivity contribution >= 4 is 23.1 Å². The molecule has 0 aliphatic rings. The van der Waals surface area contributed by atoms with E-state index in [1.165, 1.54) is 11.8 Å². The van der Waals surface area contributed by atoms with E-state index in [4.69, 9.17) is 5.26 Å². The van der Waals surface area contributed by atoms with E-state index < -0.39 is 0 Å². The minimum Gasteiger partial charge on any atom is -0.235 e. The molecule has 1 rings (SSSR count). The third kappa shape index (κ3) is 2.50. The van der Waals surface area contributed by atoms with E-state index >= 15 is 0 Å². The summed E-state index contributed by atoms with van der Waals surface area (Å²) in [6, 6.07) is 2.17. The first-order valence-corrected chi connectivity index (χ1v) is 5.53. The van der Waals surface area contributed by atoms with E-state index in [1.807, 2.05) is 12.3 Å². The second-order valence-corrected chi connectivity index (χ2v) is 4.79. The molecule has 1 atom stereocenters. The van der Waals surface area contributed by atoms with Gasteiger partial charge >= 0.3 is 0 Å². The van der Waals surface area contributed by atoms with Crippen LogP contribution in [0.1, 0.15) is 19.5 Å². The van der Waals surface area contributed by atoms with Crippen LogP contribution in [0.15, 0.2) is 9.72 Å². The van der Waals surface area contributed by atoms with E-state index in [9.17, 15) is 0 Å². The quantitative estimate of drug-likeness (QED) is 0.701. The summed E-state index contributed by atoms with van der Waals surface area (Å²) in [5.41, 5.74) is 1.12. The second-order valence-electron chi connectivity index (χ2n) is 2.35. The highest BCUT2D eigenvalue weighted by atomic mass is 32.2. The van der Waals surface area contributed by atoms with E-state index in [0.717, 1.165) is 16.5 Å². The van der Waals surface area contributed by atoms with E-state index in [0.29, 0.717) is 0 Å². The highest BCUT2D eigenvalue weighted by molar-refractivity contribution is 8.01. The summed E-state index contributed by atoms with van der Waals surface area (Å²) in [6.45, 7) is 3.97. The zero-order chi connectivity index (χ0) is 8.97. The summed E-state index contributed by atoms with van der Waals surface area (Å²) in [4.78, 5) is 4.35. The van der Waals surface area contributed by atoms with Gasteiger partial charge in [0, 0.05) is 5.38 Å². The highest BCUT2D eigenvalue weighted by Crippen LogP contribution is 2.26. The van der Waals surface area contributed by atoms with Gasteiger partial charge in [-0.2, -0.15) is 5.26 Å². The number of thiazole rings is 1. The standard InChI is InChI=1S/C8H10N2S2/c1-3-7-5-11-8(10-7)12-6(2)4-9/h5-6H,3H2,1-2H3. The zero-order valence-electron chi connectivity index (χ0n) is 7.07. The van der Waals surface area contributed by atoms with Gasteiger partial charge in [-0.05, 0) is 13.3 Å². The molecule has 0 aliphatic carbocycles. The number of aryl methyl sites for hydroxylation is 1. The number of thioether (sulfide) groups is 1. The third-order valence-corrected chi connectivity index (χ3v) is 3.36. The van der Waals surface area contributed by atoms with E-state index in [2.05, 4.69) is 18.0 Å². The molecule has 4 heteroatoms. The van der Waals surface area contributed by atoms with Gasteiger partial charge in [0.2, 0.25) is 0 Å². The number of hydrogen-bond acceptors (Lipinski definition) is 4. The fourth-order valence-electron chi connectivity index (χ4n) is 0.682. The van der Waals surface area contributed by atoms with Crippen LogP contribution in [0, 0.1) is 11.3 Å². The minimum atomic E-state index is 0.000793. The van der Waals surface area contributed by atoms with Crippen molar-refractivity contribution in [1.29, 1.82) is 5.26 Å². The average molecular weight is 198 g/mol. The molecule has 0 N–H and O–H groups in total. The van der Waals surface area contributed by atoms with Crippen molar-refractivity contribution in [3.63, 3.8) is 0 Å². The predicted molar refractivity (Wildman–Crippen MR) is 52.4 cm³/mol. The second kappa shape index (κ2) is 4.48. The Kier molecular flexibility index (Phi) is 3.57. The SMILES string of the molecule is CCc1csc(SC(C)C#N)n1. The summed E-state index contributed by atoms with van der Waals surface area (Å²) in [5.74, 6) is 0. The Labute approximate surface area is 80.6 Å². The lowest BCUT2D eigenvalue weighted by atomic mass is 10.4. The summed E-state index contributed by atoms with van der Waals surface area (Å²) < 4.78 is 1.00. The van der Waals surface area contributed by atoms with Crippen LogP contribution in [-0.4, -0.2) is 10.2 Å². The van der Waals surface area contributed by atoms with Crippen LogP contribution in [0.3, 0.4) is 0 Å². The lowest BCUT2D eigenvalue weighted by molar-refractivity contribution is 1.02. The van der Waals surface area contributed by atoms with Gasteiger partial charge in [-0.15, -0.1) is 11.3 Å². The van der Waals surface area contributed by atoms with Crippen molar-refractivity contribution in [2.45, 2.75) is 29.9 Å². The first kappa shape index (κ1) is 9.56. The molecular weight excluding hydrogens is 188 g/mol. The average Bonchev–Trinajstić information content (AvgIpc) is 2.52. The minimum absolute atomic E-state index is 0.000793. The molecule has 0 bridgehead atoms. The Morgan fingerprint density at radius 3 is 3.08 bits per heavy atom. The molecule has 0 spiro atoms. The maximum atomic E-state index is 8.57. The molecule has 64 valence electrons. The first-order valence-electron chi connectivity index (χ1n) is 3.77. The molecule has 0 radical (unpaired) electrons. The molecule has 0 aliphatic heterocycles. The van der Waals surface area contributed by atoms with Gasteiger partial charge in [-0.25, -0.2) is 4.98 Å². The summed E-state index contributed by atoms with van der Waals surface area (Å²) >= 11 is 3.14. The number of nitriles is 1. The molecule has 1 aromatic rings. The number of hydrogen-bond donors (Lipinski definition) is 0. The molecule has 0 amide bonds. The van der Waals surface area contributed by atoms with Crippen molar-refractivity contribution in [2.75, 3.05) is 0 Å². The molecular formula is C8H10N2S2.